The molecule has 3 aromatic rings. The lowest BCUT2D eigenvalue weighted by atomic mass is 10.0. The van der Waals surface area contributed by atoms with Gasteiger partial charge in [-0.05, 0) is 47.9 Å². The van der Waals surface area contributed by atoms with Crippen molar-refractivity contribution in [1.29, 1.82) is 0 Å². The Morgan fingerprint density at radius 1 is 0.786 bits per heavy atom. The summed E-state index contributed by atoms with van der Waals surface area (Å²) in [6.07, 6.45) is 0. The molecule has 7 heteroatoms. The molecule has 0 saturated carbocycles. The van der Waals surface area contributed by atoms with Crippen LogP contribution in [0.4, 0.5) is 14.5 Å². The van der Waals surface area contributed by atoms with Crippen LogP contribution in [0.25, 0.3) is 0 Å². The topological polar surface area (TPSA) is 47.6 Å². The van der Waals surface area contributed by atoms with Crippen molar-refractivity contribution in [2.24, 2.45) is 0 Å². The van der Waals surface area contributed by atoms with Gasteiger partial charge >= 0.3 is 7.75 Å². The number of nitrogens with one attached hydrogen (secondary N) is 1. The molecule has 0 amide bonds. The molecule has 146 valence electrons. The average Bonchev–Trinajstić information content (AvgIpc) is 2.66. The van der Waals surface area contributed by atoms with Crippen molar-refractivity contribution in [3.8, 4) is 11.5 Å². The molecule has 0 saturated heterocycles. The Labute approximate surface area is 162 Å². The van der Waals surface area contributed by atoms with E-state index < -0.39 is 19.4 Å². The highest BCUT2D eigenvalue weighted by Crippen LogP contribution is 2.49. The molecule has 0 heterocycles. The fraction of sp³-hybridized carbons (Fsp3) is 0.143. The Balaban J connectivity index is 1.92. The third-order valence-electron chi connectivity index (χ3n) is 3.95. The quantitative estimate of drug-likeness (QED) is 0.443. The maximum Gasteiger partial charge on any atom is 0.541 e. The molecule has 0 aliphatic rings. The summed E-state index contributed by atoms with van der Waals surface area (Å²) in [6.45, 7) is 4.10. The first-order valence-corrected chi connectivity index (χ1v) is 10.3. The maximum absolute atomic E-state index is 14.0. The minimum atomic E-state index is -4.21. The Morgan fingerprint density at radius 2 is 1.25 bits per heavy atom. The molecule has 0 radical (unpaired) electrons. The van der Waals surface area contributed by atoms with Crippen molar-refractivity contribution in [3.05, 3.63) is 90.0 Å². The van der Waals surface area contributed by atoms with Crippen LogP contribution in [0.1, 0.15) is 25.3 Å². The van der Waals surface area contributed by atoms with E-state index in [0.717, 1.165) is 5.56 Å². The normalized spacial score (nSPS) is 11.3. The number of hydrogen-bond acceptors (Lipinski definition) is 3. The molecule has 0 spiro atoms. The van der Waals surface area contributed by atoms with E-state index in [9.17, 15) is 13.3 Å². The van der Waals surface area contributed by atoms with Gasteiger partial charge in [0.15, 0.2) is 23.1 Å². The van der Waals surface area contributed by atoms with E-state index in [1.54, 1.807) is 12.1 Å². The lowest BCUT2D eigenvalue weighted by Gasteiger charge is -2.21. The van der Waals surface area contributed by atoms with Gasteiger partial charge < -0.3 is 9.05 Å². The first kappa shape index (κ1) is 19.9. The van der Waals surface area contributed by atoms with Crippen molar-refractivity contribution in [3.63, 3.8) is 0 Å². The van der Waals surface area contributed by atoms with Crippen molar-refractivity contribution in [2.75, 3.05) is 5.09 Å². The third kappa shape index (κ3) is 4.90. The molecule has 4 nitrogen and oxygen atoms in total. The SMILES string of the molecule is CC(C)c1ccc(NP(=O)(Oc2ccccc2F)Oc2ccccc2F)cc1. The highest BCUT2D eigenvalue weighted by atomic mass is 31.2. The second-order valence-electron chi connectivity index (χ2n) is 6.43. The van der Waals surface area contributed by atoms with E-state index in [0.29, 0.717) is 11.6 Å². The van der Waals surface area contributed by atoms with Crippen LogP contribution in [0.3, 0.4) is 0 Å². The molecule has 0 aromatic heterocycles. The molecule has 0 fully saturated rings. The lowest BCUT2D eigenvalue weighted by Crippen LogP contribution is -2.11. The molecule has 0 unspecified atom stereocenters. The minimum Gasteiger partial charge on any atom is -0.397 e. The molecular weight excluding hydrogens is 383 g/mol. The van der Waals surface area contributed by atoms with Gasteiger partial charge in [0, 0.05) is 5.69 Å². The van der Waals surface area contributed by atoms with E-state index in [4.69, 9.17) is 9.05 Å². The zero-order valence-electron chi connectivity index (χ0n) is 15.4. The first-order valence-electron chi connectivity index (χ1n) is 8.73. The number of para-hydroxylation sites is 2. The molecule has 28 heavy (non-hydrogen) atoms. The van der Waals surface area contributed by atoms with E-state index >= 15 is 0 Å². The largest absolute Gasteiger partial charge is 0.541 e. The van der Waals surface area contributed by atoms with E-state index in [1.807, 2.05) is 12.1 Å². The summed E-state index contributed by atoms with van der Waals surface area (Å²) in [5, 5.41) is 2.65. The van der Waals surface area contributed by atoms with Gasteiger partial charge in [-0.1, -0.05) is 50.2 Å². The smallest absolute Gasteiger partial charge is 0.397 e. The van der Waals surface area contributed by atoms with Crippen molar-refractivity contribution >= 4 is 13.4 Å². The zero-order valence-corrected chi connectivity index (χ0v) is 16.3. The predicted molar refractivity (Wildman–Crippen MR) is 106 cm³/mol. The van der Waals surface area contributed by atoms with Gasteiger partial charge in [-0.2, -0.15) is 0 Å². The van der Waals surface area contributed by atoms with Gasteiger partial charge in [0.25, 0.3) is 0 Å². The number of halogens is 2. The standard InChI is InChI=1S/C21H20F2NO3P/c1-15(2)16-11-13-17(14-12-16)24-28(25,26-20-9-5-3-7-18(20)22)27-21-10-6-4-8-19(21)23/h3-15H,1-2H3,(H,24,25). The van der Waals surface area contributed by atoms with Crippen LogP contribution in [0, 0.1) is 11.6 Å². The molecule has 0 aliphatic heterocycles. The fourth-order valence-corrected chi connectivity index (χ4v) is 3.87. The summed E-state index contributed by atoms with van der Waals surface area (Å²) < 4.78 is 52.1. The van der Waals surface area contributed by atoms with Crippen LogP contribution in [0.5, 0.6) is 11.5 Å². The Hall–Kier alpha value is -2.85. The molecule has 3 rings (SSSR count). The number of rotatable bonds is 7. The van der Waals surface area contributed by atoms with Gasteiger partial charge in [0.2, 0.25) is 0 Å². The van der Waals surface area contributed by atoms with Crippen LogP contribution in [-0.2, 0) is 4.57 Å². The Morgan fingerprint density at radius 3 is 1.68 bits per heavy atom. The Kier molecular flexibility index (Phi) is 6.00. The van der Waals surface area contributed by atoms with Crippen molar-refractivity contribution in [2.45, 2.75) is 19.8 Å². The van der Waals surface area contributed by atoms with Gasteiger partial charge in [-0.3, -0.25) is 5.09 Å². The highest BCUT2D eigenvalue weighted by Gasteiger charge is 2.31. The van der Waals surface area contributed by atoms with Crippen molar-refractivity contribution < 1.29 is 22.4 Å². The number of benzene rings is 3. The predicted octanol–water partition coefficient (Wildman–Crippen LogP) is 6.77. The summed E-state index contributed by atoms with van der Waals surface area (Å²) in [6, 6.07) is 18.1. The van der Waals surface area contributed by atoms with Crippen LogP contribution < -0.4 is 14.1 Å². The summed E-state index contributed by atoms with van der Waals surface area (Å²) in [4.78, 5) is 0. The van der Waals surface area contributed by atoms with Gasteiger partial charge in [-0.25, -0.2) is 13.3 Å². The molecule has 0 bridgehead atoms. The summed E-state index contributed by atoms with van der Waals surface area (Å²) in [5.74, 6) is -1.64. The van der Waals surface area contributed by atoms with E-state index in [-0.39, 0.29) is 11.5 Å². The van der Waals surface area contributed by atoms with Crippen LogP contribution >= 0.6 is 7.75 Å². The van der Waals surface area contributed by atoms with Crippen LogP contribution in [-0.4, -0.2) is 0 Å². The molecule has 0 aliphatic carbocycles. The summed E-state index contributed by atoms with van der Waals surface area (Å²) >= 11 is 0. The van der Waals surface area contributed by atoms with Gasteiger partial charge in [0.05, 0.1) is 0 Å². The van der Waals surface area contributed by atoms with E-state index in [1.165, 1.54) is 48.5 Å². The second kappa shape index (κ2) is 8.44. The third-order valence-corrected chi connectivity index (χ3v) is 5.36. The second-order valence-corrected chi connectivity index (χ2v) is 8.01. The van der Waals surface area contributed by atoms with E-state index in [2.05, 4.69) is 18.9 Å². The maximum atomic E-state index is 14.0. The minimum absolute atomic E-state index is 0.270. The van der Waals surface area contributed by atoms with Gasteiger partial charge in [-0.15, -0.1) is 0 Å². The highest BCUT2D eigenvalue weighted by molar-refractivity contribution is 7.56. The lowest BCUT2D eigenvalue weighted by molar-refractivity contribution is 0.373. The fourth-order valence-electron chi connectivity index (χ4n) is 2.46. The van der Waals surface area contributed by atoms with Crippen LogP contribution in [0.2, 0.25) is 0 Å². The zero-order chi connectivity index (χ0) is 20.1. The average molecular weight is 403 g/mol. The number of anilines is 1. The summed E-state index contributed by atoms with van der Waals surface area (Å²) in [5.41, 5.74) is 1.52. The van der Waals surface area contributed by atoms with Crippen LogP contribution in [0.15, 0.2) is 72.8 Å². The first-order chi connectivity index (χ1) is 13.4. The van der Waals surface area contributed by atoms with Crippen molar-refractivity contribution in [1.82, 2.24) is 0 Å². The monoisotopic (exact) mass is 403 g/mol. The number of hydrogen-bond donors (Lipinski definition) is 1. The molecule has 0 atom stereocenters. The molecule has 3 aromatic carbocycles. The molecular formula is C21H20F2NO3P. The summed E-state index contributed by atoms with van der Waals surface area (Å²) in [7, 11) is -4.21. The Bertz CT molecular complexity index is 941. The molecule has 1 N–H and O–H groups in total. The van der Waals surface area contributed by atoms with Gasteiger partial charge in [0.1, 0.15) is 0 Å².